The van der Waals surface area contributed by atoms with Crippen LogP contribution in [-0.4, -0.2) is 17.1 Å². The zero-order chi connectivity index (χ0) is 15.9. The van der Waals surface area contributed by atoms with Gasteiger partial charge in [0, 0.05) is 6.42 Å². The molecule has 21 heavy (non-hydrogen) atoms. The molecule has 0 aromatic heterocycles. The Balaban J connectivity index is 3.30. The predicted octanol–water partition coefficient (Wildman–Crippen LogP) is 4.71. The highest BCUT2D eigenvalue weighted by molar-refractivity contribution is 5.76. The molecule has 0 aromatic carbocycles. The molecule has 0 saturated heterocycles. The van der Waals surface area contributed by atoms with Gasteiger partial charge in [-0.2, -0.15) is 0 Å². The lowest BCUT2D eigenvalue weighted by atomic mass is 10.1. The number of hydrogen-bond acceptors (Lipinski definition) is 3. The van der Waals surface area contributed by atoms with Crippen molar-refractivity contribution < 1.29 is 4.79 Å². The molecule has 0 spiro atoms. The molecule has 0 rings (SSSR count). The van der Waals surface area contributed by atoms with E-state index in [4.69, 9.17) is 5.73 Å². The van der Waals surface area contributed by atoms with E-state index in [1.165, 1.54) is 57.8 Å². The lowest BCUT2D eigenvalue weighted by molar-refractivity contribution is -0.130. The SMILES string of the molecule is CCCCCCCCCCCCCC(=O)N([O-])C(N)CC. The van der Waals surface area contributed by atoms with E-state index in [0.717, 1.165) is 12.8 Å². The maximum atomic E-state index is 11.5. The van der Waals surface area contributed by atoms with Crippen molar-refractivity contribution >= 4 is 5.91 Å². The van der Waals surface area contributed by atoms with E-state index in [2.05, 4.69) is 6.92 Å². The Morgan fingerprint density at radius 1 is 0.905 bits per heavy atom. The van der Waals surface area contributed by atoms with Crippen LogP contribution in [0.3, 0.4) is 0 Å². The fourth-order valence-electron chi connectivity index (χ4n) is 2.40. The molecule has 0 fully saturated rings. The highest BCUT2D eigenvalue weighted by Gasteiger charge is 2.08. The highest BCUT2D eigenvalue weighted by Crippen LogP contribution is 2.12. The Labute approximate surface area is 131 Å². The van der Waals surface area contributed by atoms with Crippen molar-refractivity contribution in [2.75, 3.05) is 0 Å². The van der Waals surface area contributed by atoms with Crippen LogP contribution < -0.4 is 5.73 Å². The van der Waals surface area contributed by atoms with Crippen LogP contribution in [0.2, 0.25) is 0 Å². The molecule has 1 unspecified atom stereocenters. The second-order valence-electron chi connectivity index (χ2n) is 5.98. The van der Waals surface area contributed by atoms with Gasteiger partial charge >= 0.3 is 0 Å². The van der Waals surface area contributed by atoms with Gasteiger partial charge in [0.15, 0.2) is 0 Å². The third kappa shape index (κ3) is 11.7. The lowest BCUT2D eigenvalue weighted by Crippen LogP contribution is -2.41. The van der Waals surface area contributed by atoms with E-state index in [1.807, 2.05) is 6.92 Å². The average molecular weight is 299 g/mol. The Kier molecular flexibility index (Phi) is 13.9. The molecule has 0 aromatic rings. The van der Waals surface area contributed by atoms with E-state index in [0.29, 0.717) is 17.9 Å². The third-order valence-electron chi connectivity index (χ3n) is 3.96. The molecule has 2 N–H and O–H groups in total. The molecule has 0 aliphatic heterocycles. The van der Waals surface area contributed by atoms with Gasteiger partial charge in [-0.25, -0.2) is 0 Å². The number of carbonyl (C=O) groups excluding carboxylic acids is 1. The first-order chi connectivity index (χ1) is 10.1. The van der Waals surface area contributed by atoms with E-state index >= 15 is 0 Å². The largest absolute Gasteiger partial charge is 0.755 e. The van der Waals surface area contributed by atoms with Crippen molar-refractivity contribution in [1.82, 2.24) is 5.06 Å². The summed E-state index contributed by atoms with van der Waals surface area (Å²) >= 11 is 0. The smallest absolute Gasteiger partial charge is 0.213 e. The standard InChI is InChI=1S/C17H35N2O2/c1-3-5-6-7-8-9-10-11-12-13-14-15-17(20)19(21)16(18)4-2/h16H,3-15,18H2,1-2H3/q-1. The maximum absolute atomic E-state index is 11.5. The Morgan fingerprint density at radius 2 is 1.33 bits per heavy atom. The summed E-state index contributed by atoms with van der Waals surface area (Å²) in [5.74, 6) is -0.361. The quantitative estimate of drug-likeness (QED) is 0.287. The van der Waals surface area contributed by atoms with E-state index in [1.54, 1.807) is 0 Å². The first-order valence-corrected chi connectivity index (χ1v) is 8.88. The molecule has 1 atom stereocenters. The Morgan fingerprint density at radius 3 is 1.76 bits per heavy atom. The fraction of sp³-hybridized carbons (Fsp3) is 0.941. The summed E-state index contributed by atoms with van der Waals surface area (Å²) in [6.07, 6.45) is 13.9. The molecule has 0 heterocycles. The molecule has 1 amide bonds. The number of unbranched alkanes of at least 4 members (excludes halogenated alkanes) is 10. The van der Waals surface area contributed by atoms with Crippen LogP contribution in [0.5, 0.6) is 0 Å². The summed E-state index contributed by atoms with van der Waals surface area (Å²) in [6, 6.07) is 0. The topological polar surface area (TPSA) is 69.4 Å². The molecule has 0 aliphatic carbocycles. The monoisotopic (exact) mass is 299 g/mol. The van der Waals surface area contributed by atoms with Gasteiger partial charge in [0.25, 0.3) is 0 Å². The number of carbonyl (C=O) groups is 1. The van der Waals surface area contributed by atoms with Crippen molar-refractivity contribution in [2.45, 2.75) is 103 Å². The first-order valence-electron chi connectivity index (χ1n) is 8.88. The number of nitrogens with zero attached hydrogens (tertiary/aromatic N) is 1. The molecule has 0 saturated carbocycles. The third-order valence-corrected chi connectivity index (χ3v) is 3.96. The molecule has 0 bridgehead atoms. The predicted molar refractivity (Wildman–Crippen MR) is 89.6 cm³/mol. The second-order valence-corrected chi connectivity index (χ2v) is 5.98. The van der Waals surface area contributed by atoms with E-state index in [9.17, 15) is 10.0 Å². The molecule has 4 nitrogen and oxygen atoms in total. The molecule has 4 heteroatoms. The minimum Gasteiger partial charge on any atom is -0.755 e. The second kappa shape index (κ2) is 14.3. The van der Waals surface area contributed by atoms with Crippen LogP contribution >= 0.6 is 0 Å². The number of amides is 1. The Bertz CT molecular complexity index is 247. The lowest BCUT2D eigenvalue weighted by Gasteiger charge is -2.33. The summed E-state index contributed by atoms with van der Waals surface area (Å²) < 4.78 is 0. The summed E-state index contributed by atoms with van der Waals surface area (Å²) in [7, 11) is 0. The van der Waals surface area contributed by atoms with Gasteiger partial charge in [0.05, 0.1) is 6.17 Å². The van der Waals surface area contributed by atoms with Crippen molar-refractivity contribution in [3.63, 3.8) is 0 Å². The van der Waals surface area contributed by atoms with Gasteiger partial charge in [-0.1, -0.05) is 78.1 Å². The summed E-state index contributed by atoms with van der Waals surface area (Å²) in [6.45, 7) is 4.05. The van der Waals surface area contributed by atoms with E-state index in [-0.39, 0.29) is 5.91 Å². The summed E-state index contributed by atoms with van der Waals surface area (Å²) in [5.41, 5.74) is 5.54. The van der Waals surface area contributed by atoms with Gasteiger partial charge in [0.2, 0.25) is 5.91 Å². The number of hydroxylamine groups is 2. The summed E-state index contributed by atoms with van der Waals surface area (Å²) in [5, 5.41) is 11.9. The van der Waals surface area contributed by atoms with Gasteiger partial charge in [0.1, 0.15) is 0 Å². The highest BCUT2D eigenvalue weighted by atomic mass is 16.5. The van der Waals surface area contributed by atoms with Gasteiger partial charge < -0.3 is 16.0 Å². The molecular weight excluding hydrogens is 264 g/mol. The summed E-state index contributed by atoms with van der Waals surface area (Å²) in [4.78, 5) is 11.5. The van der Waals surface area contributed by atoms with Crippen molar-refractivity contribution in [1.29, 1.82) is 0 Å². The van der Waals surface area contributed by atoms with E-state index < -0.39 is 6.17 Å². The number of rotatable bonds is 14. The van der Waals surface area contributed by atoms with Gasteiger partial charge in [-0.3, -0.25) is 4.79 Å². The van der Waals surface area contributed by atoms with Crippen molar-refractivity contribution in [2.24, 2.45) is 5.73 Å². The number of nitrogens with two attached hydrogens (primary N) is 1. The van der Waals surface area contributed by atoms with Crippen LogP contribution in [0, 0.1) is 5.21 Å². The van der Waals surface area contributed by atoms with Crippen molar-refractivity contribution in [3.8, 4) is 0 Å². The van der Waals surface area contributed by atoms with Crippen LogP contribution in [0.15, 0.2) is 0 Å². The van der Waals surface area contributed by atoms with Crippen LogP contribution in [-0.2, 0) is 4.79 Å². The average Bonchev–Trinajstić information content (AvgIpc) is 2.50. The Hall–Kier alpha value is -0.610. The molecule has 0 aliphatic rings. The zero-order valence-electron chi connectivity index (χ0n) is 14.1. The van der Waals surface area contributed by atoms with Crippen LogP contribution in [0.1, 0.15) is 97.3 Å². The molecule has 126 valence electrons. The zero-order valence-corrected chi connectivity index (χ0v) is 14.1. The van der Waals surface area contributed by atoms with Gasteiger partial charge in [-0.15, -0.1) is 0 Å². The normalized spacial score (nSPS) is 12.4. The first kappa shape index (κ1) is 20.4. The molecular formula is C17H35N2O2-. The number of hydrogen-bond donors (Lipinski definition) is 1. The fourth-order valence-corrected chi connectivity index (χ4v) is 2.40. The van der Waals surface area contributed by atoms with Crippen LogP contribution in [0.4, 0.5) is 0 Å². The minimum atomic E-state index is -0.676. The van der Waals surface area contributed by atoms with Crippen LogP contribution in [0.25, 0.3) is 0 Å². The maximum Gasteiger partial charge on any atom is 0.213 e. The van der Waals surface area contributed by atoms with Crippen molar-refractivity contribution in [3.05, 3.63) is 5.21 Å². The minimum absolute atomic E-state index is 0.341. The molecule has 0 radical (unpaired) electrons. The van der Waals surface area contributed by atoms with Gasteiger partial charge in [-0.05, 0) is 12.8 Å².